The summed E-state index contributed by atoms with van der Waals surface area (Å²) in [7, 11) is 0. The maximum absolute atomic E-state index is 3.36. The molecule has 0 heterocycles. The topological polar surface area (TPSA) is 0 Å². The van der Waals surface area contributed by atoms with Crippen LogP contribution in [-0.4, -0.2) is 0 Å². The Kier molecular flexibility index (Phi) is 35.6. The second kappa shape index (κ2) is 29.7. The maximum atomic E-state index is 3.36. The Balaban J connectivity index is -0.000000710. The predicted octanol–water partition coefficient (Wildman–Crippen LogP) is 9.34. The lowest BCUT2D eigenvalue weighted by atomic mass is 9.92. The van der Waals surface area contributed by atoms with Crippen LogP contribution in [0.15, 0.2) is 12.7 Å². The van der Waals surface area contributed by atoms with E-state index in [-0.39, 0.29) is 0 Å². The zero-order chi connectivity index (χ0) is 18.2. The van der Waals surface area contributed by atoms with Gasteiger partial charge in [0.25, 0.3) is 0 Å². The highest BCUT2D eigenvalue weighted by atomic mass is 14.1. The van der Waals surface area contributed by atoms with Gasteiger partial charge in [-0.3, -0.25) is 0 Å². The van der Waals surface area contributed by atoms with Gasteiger partial charge in [-0.2, -0.15) is 0 Å². The van der Waals surface area contributed by atoms with E-state index in [9.17, 15) is 0 Å². The van der Waals surface area contributed by atoms with Gasteiger partial charge < -0.3 is 0 Å². The SMILES string of the molecule is C=CC.CC.CCCCCCCCC(CC)CCCCCCC. The average Bonchev–Trinajstić information content (AvgIpc) is 2.58. The van der Waals surface area contributed by atoms with Gasteiger partial charge in [-0.1, -0.05) is 131 Å². The first-order valence-electron chi connectivity index (χ1n) is 10.8. The molecular weight excluding hydrogens is 276 g/mol. The molecule has 0 radical (unpaired) electrons. The summed E-state index contributed by atoms with van der Waals surface area (Å²) in [6, 6.07) is 0. The van der Waals surface area contributed by atoms with Gasteiger partial charge in [-0.05, 0) is 12.8 Å². The molecule has 0 nitrogen and oxygen atoms in total. The molecule has 1 atom stereocenters. The van der Waals surface area contributed by atoms with Crippen molar-refractivity contribution < 1.29 is 0 Å². The van der Waals surface area contributed by atoms with Crippen LogP contribution in [0.4, 0.5) is 0 Å². The van der Waals surface area contributed by atoms with E-state index < -0.39 is 0 Å². The molecule has 0 aromatic rings. The number of unbranched alkanes of at least 4 members (excludes halogenated alkanes) is 9. The second-order valence-electron chi connectivity index (χ2n) is 6.44. The smallest absolute Gasteiger partial charge is 0.0417 e. The molecule has 0 aromatic carbocycles. The number of hydrogen-bond donors (Lipinski definition) is 0. The first kappa shape index (κ1) is 27.6. The number of allylic oxidation sites excluding steroid dienone is 1. The molecule has 0 aliphatic heterocycles. The minimum atomic E-state index is 1.03. The summed E-state index contributed by atoms with van der Waals surface area (Å²) in [4.78, 5) is 0. The summed E-state index contributed by atoms with van der Waals surface area (Å²) in [5, 5.41) is 0. The van der Waals surface area contributed by atoms with Crippen LogP contribution in [0.25, 0.3) is 0 Å². The van der Waals surface area contributed by atoms with E-state index in [2.05, 4.69) is 27.4 Å². The summed E-state index contributed by atoms with van der Waals surface area (Å²) in [5.74, 6) is 1.03. The van der Waals surface area contributed by atoms with Crippen LogP contribution in [0, 0.1) is 5.92 Å². The van der Waals surface area contributed by atoms with Gasteiger partial charge in [-0.25, -0.2) is 0 Å². The molecule has 0 aliphatic rings. The van der Waals surface area contributed by atoms with Crippen LogP contribution in [0.2, 0.25) is 0 Å². The lowest BCUT2D eigenvalue weighted by Crippen LogP contribution is -1.99. The fraction of sp³-hybridized carbons (Fsp3) is 0.913. The normalized spacial score (nSPS) is 10.9. The molecule has 23 heavy (non-hydrogen) atoms. The van der Waals surface area contributed by atoms with Crippen LogP contribution in [-0.2, 0) is 0 Å². The fourth-order valence-electron chi connectivity index (χ4n) is 2.80. The summed E-state index contributed by atoms with van der Waals surface area (Å²) >= 11 is 0. The van der Waals surface area contributed by atoms with Crippen molar-refractivity contribution in [1.29, 1.82) is 0 Å². The molecule has 0 amide bonds. The zero-order valence-corrected chi connectivity index (χ0v) is 17.8. The minimum Gasteiger partial charge on any atom is -0.103 e. The quantitative estimate of drug-likeness (QED) is 0.220. The molecule has 142 valence electrons. The molecule has 0 aromatic heterocycles. The highest BCUT2D eigenvalue weighted by Gasteiger charge is 2.05. The monoisotopic (exact) mass is 326 g/mol. The molecule has 0 saturated carbocycles. The van der Waals surface area contributed by atoms with Gasteiger partial charge in [0.15, 0.2) is 0 Å². The third kappa shape index (κ3) is 30.2. The molecule has 0 saturated heterocycles. The summed E-state index contributed by atoms with van der Waals surface area (Å²) in [5.41, 5.74) is 0. The lowest BCUT2D eigenvalue weighted by molar-refractivity contribution is 0.393. The van der Waals surface area contributed by atoms with E-state index in [1.165, 1.54) is 89.9 Å². The van der Waals surface area contributed by atoms with E-state index in [1.54, 1.807) is 6.08 Å². The van der Waals surface area contributed by atoms with Crippen molar-refractivity contribution in [3.8, 4) is 0 Å². The van der Waals surface area contributed by atoms with E-state index in [0.717, 1.165) is 5.92 Å². The highest BCUT2D eigenvalue weighted by Crippen LogP contribution is 2.21. The average molecular weight is 327 g/mol. The minimum absolute atomic E-state index is 1.03. The first-order chi connectivity index (χ1) is 11.3. The van der Waals surface area contributed by atoms with Crippen LogP contribution < -0.4 is 0 Å². The van der Waals surface area contributed by atoms with Crippen molar-refractivity contribution in [1.82, 2.24) is 0 Å². The Labute approximate surface area is 150 Å². The Hall–Kier alpha value is -0.260. The molecule has 0 fully saturated rings. The van der Waals surface area contributed by atoms with Crippen molar-refractivity contribution in [3.63, 3.8) is 0 Å². The summed E-state index contributed by atoms with van der Waals surface area (Å²) in [6.07, 6.45) is 22.1. The van der Waals surface area contributed by atoms with Gasteiger partial charge >= 0.3 is 0 Å². The van der Waals surface area contributed by atoms with E-state index in [1.807, 2.05) is 20.8 Å². The van der Waals surface area contributed by atoms with Crippen molar-refractivity contribution in [2.45, 2.75) is 131 Å². The molecular formula is C23H50. The Morgan fingerprint density at radius 3 is 1.26 bits per heavy atom. The molecule has 0 N–H and O–H groups in total. The fourth-order valence-corrected chi connectivity index (χ4v) is 2.80. The van der Waals surface area contributed by atoms with Crippen LogP contribution >= 0.6 is 0 Å². The Bertz CT molecular complexity index is 171. The standard InChI is InChI=1S/C18H38.C3H6.C2H6/c1-4-7-9-11-13-15-17-18(6-3)16-14-12-10-8-5-2;1-3-2;1-2/h18H,4-17H2,1-3H3;3H,1H2,2H3;1-2H3. The second-order valence-corrected chi connectivity index (χ2v) is 6.44. The van der Waals surface area contributed by atoms with Crippen LogP contribution in [0.3, 0.4) is 0 Å². The van der Waals surface area contributed by atoms with Crippen molar-refractivity contribution in [2.24, 2.45) is 5.92 Å². The zero-order valence-electron chi connectivity index (χ0n) is 17.8. The van der Waals surface area contributed by atoms with Crippen molar-refractivity contribution in [3.05, 3.63) is 12.7 Å². The maximum Gasteiger partial charge on any atom is -0.0417 e. The summed E-state index contributed by atoms with van der Waals surface area (Å²) in [6.45, 7) is 16.2. The van der Waals surface area contributed by atoms with Gasteiger partial charge in [0.05, 0.1) is 0 Å². The molecule has 0 heteroatoms. The van der Waals surface area contributed by atoms with Crippen LogP contribution in [0.1, 0.15) is 131 Å². The van der Waals surface area contributed by atoms with Gasteiger partial charge in [0.1, 0.15) is 0 Å². The number of hydrogen-bond acceptors (Lipinski definition) is 0. The molecule has 0 bridgehead atoms. The van der Waals surface area contributed by atoms with Crippen molar-refractivity contribution in [2.75, 3.05) is 0 Å². The Morgan fingerprint density at radius 2 is 0.957 bits per heavy atom. The van der Waals surface area contributed by atoms with Gasteiger partial charge in [-0.15, -0.1) is 6.58 Å². The van der Waals surface area contributed by atoms with Gasteiger partial charge in [0.2, 0.25) is 0 Å². The largest absolute Gasteiger partial charge is 0.103 e. The lowest BCUT2D eigenvalue weighted by Gasteiger charge is -2.14. The molecule has 0 spiro atoms. The summed E-state index contributed by atoms with van der Waals surface area (Å²) < 4.78 is 0. The third-order valence-electron chi connectivity index (χ3n) is 4.26. The highest BCUT2D eigenvalue weighted by molar-refractivity contribution is 4.59. The molecule has 0 rings (SSSR count). The van der Waals surface area contributed by atoms with Gasteiger partial charge in [0, 0.05) is 0 Å². The first-order valence-corrected chi connectivity index (χ1v) is 10.8. The van der Waals surface area contributed by atoms with Crippen LogP contribution in [0.5, 0.6) is 0 Å². The van der Waals surface area contributed by atoms with E-state index in [0.29, 0.717) is 0 Å². The third-order valence-corrected chi connectivity index (χ3v) is 4.26. The number of rotatable bonds is 14. The predicted molar refractivity (Wildman–Crippen MR) is 112 cm³/mol. The molecule has 0 aliphatic carbocycles. The van der Waals surface area contributed by atoms with E-state index >= 15 is 0 Å². The Morgan fingerprint density at radius 1 is 0.652 bits per heavy atom. The van der Waals surface area contributed by atoms with Crippen molar-refractivity contribution >= 4 is 0 Å². The molecule has 1 unspecified atom stereocenters. The van der Waals surface area contributed by atoms with E-state index in [4.69, 9.17) is 0 Å².